The van der Waals surface area contributed by atoms with E-state index in [1.54, 1.807) is 35.3 Å². The van der Waals surface area contributed by atoms with Crippen LogP contribution in [0.1, 0.15) is 19.4 Å². The minimum Gasteiger partial charge on any atom is -0.552 e. The van der Waals surface area contributed by atoms with Crippen molar-refractivity contribution in [1.29, 1.82) is 0 Å². The van der Waals surface area contributed by atoms with Gasteiger partial charge in [0.05, 0.1) is 5.69 Å². The number of hydrogen-bond donors (Lipinski definition) is 0. The Labute approximate surface area is 262 Å². The summed E-state index contributed by atoms with van der Waals surface area (Å²) in [6.45, 7) is 5.31. The van der Waals surface area contributed by atoms with Crippen LogP contribution in [0.15, 0.2) is 69.8 Å². The summed E-state index contributed by atoms with van der Waals surface area (Å²) in [5, 5.41) is 21.2. The Balaban J connectivity index is 0.00000420. The molecule has 0 amide bonds. The Hall–Kier alpha value is 0.493. The number of carbonyl (C=O) groups is 1. The van der Waals surface area contributed by atoms with Crippen molar-refractivity contribution >= 4 is 21.7 Å². The van der Waals surface area contributed by atoms with E-state index in [1.165, 1.54) is 24.3 Å². The Morgan fingerprint density at radius 3 is 2.10 bits per heavy atom. The van der Waals surface area contributed by atoms with Crippen LogP contribution in [0.25, 0.3) is 4.72 Å². The van der Waals surface area contributed by atoms with Gasteiger partial charge in [0.25, 0.3) is 0 Å². The quantitative estimate of drug-likeness (QED) is 0.198. The van der Waals surface area contributed by atoms with Crippen LogP contribution in [0.4, 0.5) is 5.69 Å². The van der Waals surface area contributed by atoms with Crippen LogP contribution < -0.4 is 108 Å². The molecule has 0 saturated heterocycles. The maximum Gasteiger partial charge on any atom is 1.00 e. The fourth-order valence-electron chi connectivity index (χ4n) is 2.38. The number of carboxylic acid groups (broad SMARTS) is 1. The van der Waals surface area contributed by atoms with E-state index >= 15 is 0 Å². The monoisotopic (exact) mass is 480 g/mol. The number of rotatable bonds is 10. The van der Waals surface area contributed by atoms with Crippen LogP contribution in [0.3, 0.4) is 0 Å². The number of benzene rings is 2. The summed E-state index contributed by atoms with van der Waals surface area (Å²) in [5.41, 5.74) is 1.13. The number of nitrogens with zero attached hydrogens (tertiary/aromatic N) is 4. The largest absolute Gasteiger partial charge is 1.00 e. The standard InChI is InChI=1S/C19H23N4O4S.2K/c1-3-23(4-2)22-20-16-10-12-17(13-11-16)28(26,27)21-18(19(24)25)14-15-8-6-5-7-9-15;;/h5-13,18H,3-4,14H2,1-2H3,(H,24,25);;/q-1;2*+1/p-1. The average molecular weight is 481 g/mol. The van der Waals surface area contributed by atoms with E-state index in [4.69, 9.17) is 0 Å². The van der Waals surface area contributed by atoms with Crippen LogP contribution in [0.5, 0.6) is 0 Å². The first-order chi connectivity index (χ1) is 13.4. The SMILES string of the molecule is CCN(CC)N=Nc1ccc(S(=O)(=O)[N-]C(Cc2ccccc2)C(=O)[O-])cc1.[K+].[K+]. The van der Waals surface area contributed by atoms with Crippen molar-refractivity contribution in [3.05, 3.63) is 64.9 Å². The second-order valence-electron chi connectivity index (χ2n) is 5.93. The molecule has 30 heavy (non-hydrogen) atoms. The molecule has 0 fully saturated rings. The normalized spacial score (nSPS) is 11.9. The van der Waals surface area contributed by atoms with Crippen molar-refractivity contribution < 1.29 is 121 Å². The van der Waals surface area contributed by atoms with Gasteiger partial charge in [-0.2, -0.15) is 0 Å². The molecule has 0 aliphatic carbocycles. The van der Waals surface area contributed by atoms with Crippen LogP contribution >= 0.6 is 0 Å². The molecule has 0 heterocycles. The van der Waals surface area contributed by atoms with Crippen LogP contribution in [0.2, 0.25) is 0 Å². The van der Waals surface area contributed by atoms with Crippen molar-refractivity contribution in [3.63, 3.8) is 0 Å². The Bertz CT molecular complexity index is 906. The van der Waals surface area contributed by atoms with Crippen molar-refractivity contribution in [1.82, 2.24) is 5.01 Å². The summed E-state index contributed by atoms with van der Waals surface area (Å²) >= 11 is 0. The summed E-state index contributed by atoms with van der Waals surface area (Å²) in [6.07, 6.45) is -0.0709. The van der Waals surface area contributed by atoms with Gasteiger partial charge in [0.1, 0.15) is 10.0 Å². The molecule has 0 bridgehead atoms. The second-order valence-corrected chi connectivity index (χ2v) is 7.56. The molecule has 11 heteroatoms. The van der Waals surface area contributed by atoms with E-state index in [0.717, 1.165) is 0 Å². The molecule has 2 rings (SSSR count). The van der Waals surface area contributed by atoms with Gasteiger partial charge in [0, 0.05) is 24.0 Å². The average Bonchev–Trinajstić information content (AvgIpc) is 2.69. The molecule has 0 aliphatic rings. The molecule has 0 spiro atoms. The van der Waals surface area contributed by atoms with Gasteiger partial charge in [-0.15, -0.1) is 5.11 Å². The van der Waals surface area contributed by atoms with Gasteiger partial charge >= 0.3 is 103 Å². The third-order valence-electron chi connectivity index (χ3n) is 3.96. The predicted molar refractivity (Wildman–Crippen MR) is 103 cm³/mol. The number of hydrogen-bond acceptors (Lipinski definition) is 6. The number of aliphatic carboxylic acids is 1. The molecule has 0 N–H and O–H groups in total. The molecule has 0 saturated carbocycles. The summed E-state index contributed by atoms with van der Waals surface area (Å²) in [7, 11) is -4.16. The first-order valence-corrected chi connectivity index (χ1v) is 10.3. The zero-order chi connectivity index (χ0) is 20.6. The minimum atomic E-state index is -4.16. The second kappa shape index (κ2) is 15.4. The zero-order valence-corrected chi connectivity index (χ0v) is 24.8. The maximum atomic E-state index is 12.5. The van der Waals surface area contributed by atoms with Gasteiger partial charge in [-0.25, -0.2) is 8.42 Å². The Kier molecular flexibility index (Phi) is 15.6. The van der Waals surface area contributed by atoms with Gasteiger partial charge in [-0.3, -0.25) is 5.01 Å². The van der Waals surface area contributed by atoms with Crippen molar-refractivity contribution in [2.24, 2.45) is 10.3 Å². The summed E-state index contributed by atoms with van der Waals surface area (Å²) in [6, 6.07) is 12.8. The van der Waals surface area contributed by atoms with Crippen molar-refractivity contribution in [2.45, 2.75) is 31.2 Å². The van der Waals surface area contributed by atoms with Crippen LogP contribution in [0, 0.1) is 0 Å². The zero-order valence-electron chi connectivity index (χ0n) is 17.7. The topological polar surface area (TPSA) is 116 Å². The van der Waals surface area contributed by atoms with Crippen LogP contribution in [-0.4, -0.2) is 38.5 Å². The first-order valence-electron chi connectivity index (χ1n) is 8.84. The smallest absolute Gasteiger partial charge is 0.552 e. The molecule has 0 aliphatic heterocycles. The van der Waals surface area contributed by atoms with Crippen molar-refractivity contribution in [2.75, 3.05) is 13.1 Å². The van der Waals surface area contributed by atoms with E-state index in [-0.39, 0.29) is 114 Å². The molecule has 150 valence electrons. The molecular formula is C19H22K2N4O4S. The van der Waals surface area contributed by atoms with Crippen LogP contribution in [-0.2, 0) is 21.2 Å². The van der Waals surface area contributed by atoms with Crippen molar-refractivity contribution in [3.8, 4) is 0 Å². The van der Waals surface area contributed by atoms with Gasteiger partial charge in [-0.05, 0) is 50.1 Å². The molecule has 1 unspecified atom stereocenters. The molecule has 8 nitrogen and oxygen atoms in total. The third-order valence-corrected chi connectivity index (χ3v) is 5.36. The van der Waals surface area contributed by atoms with E-state index in [0.29, 0.717) is 24.3 Å². The molecule has 0 radical (unpaired) electrons. The van der Waals surface area contributed by atoms with Gasteiger partial charge in [0.15, 0.2) is 0 Å². The summed E-state index contributed by atoms with van der Waals surface area (Å²) in [4.78, 5) is 11.3. The van der Waals surface area contributed by atoms with Gasteiger partial charge in [-0.1, -0.05) is 41.6 Å². The molecule has 1 atom stereocenters. The predicted octanol–water partition coefficient (Wildman–Crippen LogP) is -3.54. The van der Waals surface area contributed by atoms with E-state index < -0.39 is 22.0 Å². The number of carboxylic acids is 1. The number of sulfonamides is 1. The summed E-state index contributed by atoms with van der Waals surface area (Å²) in [5.74, 6) is -1.54. The Morgan fingerprint density at radius 2 is 1.60 bits per heavy atom. The molecule has 0 aromatic heterocycles. The van der Waals surface area contributed by atoms with Gasteiger partial charge in [0.2, 0.25) is 0 Å². The third kappa shape index (κ3) is 9.96. The Morgan fingerprint density at radius 1 is 1.03 bits per heavy atom. The molecular weight excluding hydrogens is 458 g/mol. The first kappa shape index (κ1) is 30.5. The van der Waals surface area contributed by atoms with Gasteiger partial charge < -0.3 is 14.6 Å². The maximum absolute atomic E-state index is 12.5. The molecule has 2 aromatic carbocycles. The summed E-state index contributed by atoms with van der Waals surface area (Å²) < 4.78 is 28.5. The minimum absolute atomic E-state index is 0. The fraction of sp³-hybridized carbons (Fsp3) is 0.316. The van der Waals surface area contributed by atoms with E-state index in [9.17, 15) is 18.3 Å². The number of carbonyl (C=O) groups excluding carboxylic acids is 1. The fourth-order valence-corrected chi connectivity index (χ4v) is 3.48. The van der Waals surface area contributed by atoms with E-state index in [1.807, 2.05) is 13.8 Å². The molecule has 2 aromatic rings. The van der Waals surface area contributed by atoms with E-state index in [2.05, 4.69) is 15.1 Å².